The van der Waals surface area contributed by atoms with Gasteiger partial charge in [-0.25, -0.2) is 4.98 Å². The van der Waals surface area contributed by atoms with E-state index < -0.39 is 0 Å². The summed E-state index contributed by atoms with van der Waals surface area (Å²) in [7, 11) is 1.65. The number of benzene rings is 1. The van der Waals surface area contributed by atoms with Crippen LogP contribution in [0, 0.1) is 0 Å². The molecule has 2 N–H and O–H groups in total. The van der Waals surface area contributed by atoms with Crippen LogP contribution >= 0.6 is 15.9 Å². The van der Waals surface area contributed by atoms with Crippen molar-refractivity contribution in [1.82, 2.24) is 9.97 Å². The number of H-pyrrole nitrogens is 1. The number of hydrogen-bond donors (Lipinski definition) is 2. The van der Waals surface area contributed by atoms with E-state index in [2.05, 4.69) is 31.2 Å². The number of nitrogens with one attached hydrogen (secondary N) is 2. The Kier molecular flexibility index (Phi) is 4.57. The van der Waals surface area contributed by atoms with E-state index in [0.717, 1.165) is 12.2 Å². The SMILES string of the molecule is COc1ccc(CCNc2nc[nH]c(=O)c2Br)cc1. The number of nitrogens with zero attached hydrogens (tertiary/aromatic N) is 1. The van der Waals surface area contributed by atoms with Crippen molar-refractivity contribution in [2.24, 2.45) is 0 Å². The summed E-state index contributed by atoms with van der Waals surface area (Å²) in [4.78, 5) is 17.9. The van der Waals surface area contributed by atoms with Gasteiger partial charge in [-0.05, 0) is 40.0 Å². The number of aromatic amines is 1. The quantitative estimate of drug-likeness (QED) is 0.885. The molecule has 0 aliphatic carbocycles. The number of ether oxygens (including phenoxy) is 1. The first kappa shape index (κ1) is 13.6. The molecule has 0 radical (unpaired) electrons. The zero-order valence-electron chi connectivity index (χ0n) is 10.4. The van der Waals surface area contributed by atoms with Crippen LogP contribution in [-0.4, -0.2) is 23.6 Å². The summed E-state index contributed by atoms with van der Waals surface area (Å²) in [5, 5.41) is 3.12. The van der Waals surface area contributed by atoms with E-state index in [1.807, 2.05) is 24.3 Å². The highest BCUT2D eigenvalue weighted by Crippen LogP contribution is 2.14. The maximum atomic E-state index is 11.3. The molecule has 0 amide bonds. The van der Waals surface area contributed by atoms with Crippen LogP contribution in [0.5, 0.6) is 5.75 Å². The molecule has 0 saturated carbocycles. The monoisotopic (exact) mass is 323 g/mol. The van der Waals surface area contributed by atoms with Gasteiger partial charge in [0, 0.05) is 6.54 Å². The molecule has 100 valence electrons. The van der Waals surface area contributed by atoms with Crippen LogP contribution < -0.4 is 15.6 Å². The normalized spacial score (nSPS) is 10.2. The molecule has 2 aromatic rings. The molecule has 0 aliphatic heterocycles. The van der Waals surface area contributed by atoms with E-state index >= 15 is 0 Å². The molecule has 2 rings (SSSR count). The number of rotatable bonds is 5. The third-order valence-corrected chi connectivity index (χ3v) is 3.40. The van der Waals surface area contributed by atoms with Crippen molar-refractivity contribution in [3.05, 3.63) is 51.0 Å². The molecule has 0 spiro atoms. The summed E-state index contributed by atoms with van der Waals surface area (Å²) in [6.07, 6.45) is 2.22. The van der Waals surface area contributed by atoms with Crippen LogP contribution in [0.4, 0.5) is 5.82 Å². The maximum absolute atomic E-state index is 11.3. The van der Waals surface area contributed by atoms with E-state index in [1.54, 1.807) is 7.11 Å². The molecule has 6 heteroatoms. The molecule has 0 aliphatic rings. The Morgan fingerprint density at radius 2 is 2.11 bits per heavy atom. The molecule has 0 saturated heterocycles. The van der Waals surface area contributed by atoms with Crippen LogP contribution in [0.25, 0.3) is 0 Å². The predicted octanol–water partition coefficient (Wildman–Crippen LogP) is 2.20. The first-order valence-electron chi connectivity index (χ1n) is 5.80. The number of aromatic nitrogens is 2. The molecule has 5 nitrogen and oxygen atoms in total. The highest BCUT2D eigenvalue weighted by molar-refractivity contribution is 9.10. The van der Waals surface area contributed by atoms with Gasteiger partial charge in [0.25, 0.3) is 5.56 Å². The topological polar surface area (TPSA) is 67.0 Å². The van der Waals surface area contributed by atoms with Crippen molar-refractivity contribution in [3.63, 3.8) is 0 Å². The van der Waals surface area contributed by atoms with Crippen molar-refractivity contribution in [3.8, 4) is 5.75 Å². The fourth-order valence-electron chi connectivity index (χ4n) is 1.62. The Morgan fingerprint density at radius 3 is 2.79 bits per heavy atom. The molecule has 1 aromatic heterocycles. The third kappa shape index (κ3) is 3.57. The lowest BCUT2D eigenvalue weighted by Gasteiger charge is -2.07. The smallest absolute Gasteiger partial charge is 0.267 e. The van der Waals surface area contributed by atoms with Gasteiger partial charge < -0.3 is 15.0 Å². The lowest BCUT2D eigenvalue weighted by molar-refractivity contribution is 0.414. The molecule has 1 heterocycles. The minimum Gasteiger partial charge on any atom is -0.497 e. The van der Waals surface area contributed by atoms with Gasteiger partial charge in [-0.1, -0.05) is 12.1 Å². The second-order valence-corrected chi connectivity index (χ2v) is 4.71. The highest BCUT2D eigenvalue weighted by atomic mass is 79.9. The van der Waals surface area contributed by atoms with Gasteiger partial charge >= 0.3 is 0 Å². The molecule has 0 fully saturated rings. The van der Waals surface area contributed by atoms with Crippen molar-refractivity contribution in [2.45, 2.75) is 6.42 Å². The third-order valence-electron chi connectivity index (χ3n) is 2.66. The standard InChI is InChI=1S/C13H14BrN3O2/c1-19-10-4-2-9(3-5-10)6-7-15-12-11(14)13(18)17-8-16-12/h2-5,8H,6-7H2,1H3,(H2,15,16,17,18). The lowest BCUT2D eigenvalue weighted by Crippen LogP contribution is -2.13. The van der Waals surface area contributed by atoms with Gasteiger partial charge in [0.2, 0.25) is 0 Å². The van der Waals surface area contributed by atoms with Gasteiger partial charge in [0.1, 0.15) is 16.0 Å². The van der Waals surface area contributed by atoms with Gasteiger partial charge in [-0.2, -0.15) is 0 Å². The van der Waals surface area contributed by atoms with Crippen molar-refractivity contribution in [2.75, 3.05) is 19.0 Å². The van der Waals surface area contributed by atoms with Gasteiger partial charge in [0.05, 0.1) is 13.4 Å². The lowest BCUT2D eigenvalue weighted by atomic mass is 10.1. The summed E-state index contributed by atoms with van der Waals surface area (Å²) in [6.45, 7) is 0.696. The van der Waals surface area contributed by atoms with Crippen molar-refractivity contribution >= 4 is 21.7 Å². The number of hydrogen-bond acceptors (Lipinski definition) is 4. The molecule has 0 unspecified atom stereocenters. The molecule has 0 bridgehead atoms. The van der Waals surface area contributed by atoms with Gasteiger partial charge in [-0.15, -0.1) is 0 Å². The molecule has 19 heavy (non-hydrogen) atoms. The van der Waals surface area contributed by atoms with Crippen LogP contribution in [-0.2, 0) is 6.42 Å². The van der Waals surface area contributed by atoms with Crippen LogP contribution in [0.2, 0.25) is 0 Å². The summed E-state index contributed by atoms with van der Waals surface area (Å²) in [5.41, 5.74) is 0.996. The van der Waals surface area contributed by atoms with Crippen LogP contribution in [0.3, 0.4) is 0 Å². The summed E-state index contributed by atoms with van der Waals surface area (Å²) in [6, 6.07) is 7.88. The fourth-order valence-corrected chi connectivity index (χ4v) is 1.98. The Bertz CT molecular complexity index is 596. The van der Waals surface area contributed by atoms with E-state index in [1.165, 1.54) is 11.9 Å². The minimum absolute atomic E-state index is 0.193. The second-order valence-electron chi connectivity index (χ2n) is 3.92. The fraction of sp³-hybridized carbons (Fsp3) is 0.231. The van der Waals surface area contributed by atoms with E-state index in [9.17, 15) is 4.79 Å². The first-order valence-corrected chi connectivity index (χ1v) is 6.60. The minimum atomic E-state index is -0.193. The molecule has 0 atom stereocenters. The Labute approximate surface area is 119 Å². The number of halogens is 1. The number of anilines is 1. The van der Waals surface area contributed by atoms with Gasteiger partial charge in [0.15, 0.2) is 0 Å². The van der Waals surface area contributed by atoms with Crippen molar-refractivity contribution in [1.29, 1.82) is 0 Å². The van der Waals surface area contributed by atoms with E-state index in [0.29, 0.717) is 16.8 Å². The summed E-state index contributed by atoms with van der Waals surface area (Å²) < 4.78 is 5.52. The Morgan fingerprint density at radius 1 is 1.37 bits per heavy atom. The Hall–Kier alpha value is -1.82. The second kappa shape index (κ2) is 6.38. The van der Waals surface area contributed by atoms with E-state index in [-0.39, 0.29) is 5.56 Å². The predicted molar refractivity (Wildman–Crippen MR) is 77.7 cm³/mol. The number of methoxy groups -OCH3 is 1. The molecule has 1 aromatic carbocycles. The van der Waals surface area contributed by atoms with Crippen molar-refractivity contribution < 1.29 is 4.74 Å². The average molecular weight is 324 g/mol. The zero-order chi connectivity index (χ0) is 13.7. The van der Waals surface area contributed by atoms with E-state index in [4.69, 9.17) is 4.74 Å². The van der Waals surface area contributed by atoms with Crippen LogP contribution in [0.1, 0.15) is 5.56 Å². The zero-order valence-corrected chi connectivity index (χ0v) is 12.0. The molecular weight excluding hydrogens is 310 g/mol. The average Bonchev–Trinajstić information content (AvgIpc) is 2.44. The Balaban J connectivity index is 1.92. The summed E-state index contributed by atoms with van der Waals surface area (Å²) >= 11 is 3.20. The molecular formula is C13H14BrN3O2. The van der Waals surface area contributed by atoms with Gasteiger partial charge in [-0.3, -0.25) is 4.79 Å². The largest absolute Gasteiger partial charge is 0.497 e. The summed E-state index contributed by atoms with van der Waals surface area (Å²) in [5.74, 6) is 1.40. The van der Waals surface area contributed by atoms with Crippen LogP contribution in [0.15, 0.2) is 39.9 Å². The maximum Gasteiger partial charge on any atom is 0.267 e. The first-order chi connectivity index (χ1) is 9.20. The highest BCUT2D eigenvalue weighted by Gasteiger charge is 2.04.